The second-order valence-electron chi connectivity index (χ2n) is 3.95. The molecule has 100 valence electrons. The molecule has 0 unspecified atom stereocenters. The van der Waals surface area contributed by atoms with Gasteiger partial charge in [-0.3, -0.25) is 4.79 Å². The molecule has 19 heavy (non-hydrogen) atoms. The molecule has 1 aromatic carbocycles. The first-order chi connectivity index (χ1) is 9.29. The van der Waals surface area contributed by atoms with Gasteiger partial charge in [0.25, 0.3) is 0 Å². The lowest BCUT2D eigenvalue weighted by Gasteiger charge is -2.07. The van der Waals surface area contributed by atoms with Crippen molar-refractivity contribution in [2.24, 2.45) is 0 Å². The summed E-state index contributed by atoms with van der Waals surface area (Å²) in [6.07, 6.45) is 3.92. The van der Waals surface area contributed by atoms with Crippen LogP contribution in [0.15, 0.2) is 30.7 Å². The fourth-order valence-electron chi connectivity index (χ4n) is 1.59. The number of hydrogen-bond acceptors (Lipinski definition) is 5. The Kier molecular flexibility index (Phi) is 4.63. The molecular weight excluding hydrogens is 246 g/mol. The van der Waals surface area contributed by atoms with Crippen molar-refractivity contribution in [3.05, 3.63) is 30.7 Å². The van der Waals surface area contributed by atoms with E-state index >= 15 is 0 Å². The Morgan fingerprint density at radius 3 is 3.16 bits per heavy atom. The molecular formula is C13H15N3O3. The standard InChI is InChI=1S/C13H15N3O3/c17-8-13(18)15-4-1-5-19-11-3-2-10-7-14-9-16-12(10)6-11/h2-3,6-7,9,17H,1,4-5,8H2,(H,15,18). The number of aromatic nitrogens is 2. The molecule has 0 fully saturated rings. The Morgan fingerprint density at radius 1 is 1.42 bits per heavy atom. The predicted molar refractivity (Wildman–Crippen MR) is 69.7 cm³/mol. The second-order valence-corrected chi connectivity index (χ2v) is 3.95. The Bertz CT molecular complexity index is 560. The molecule has 1 aromatic heterocycles. The molecule has 1 heterocycles. The van der Waals surface area contributed by atoms with Gasteiger partial charge < -0.3 is 15.2 Å². The molecule has 0 spiro atoms. The molecule has 6 nitrogen and oxygen atoms in total. The van der Waals surface area contributed by atoms with Crippen molar-refractivity contribution in [2.75, 3.05) is 19.8 Å². The highest BCUT2D eigenvalue weighted by molar-refractivity contribution is 5.78. The van der Waals surface area contributed by atoms with E-state index in [1.807, 2.05) is 18.2 Å². The maximum atomic E-state index is 10.8. The van der Waals surface area contributed by atoms with Crippen molar-refractivity contribution >= 4 is 16.8 Å². The zero-order valence-corrected chi connectivity index (χ0v) is 10.4. The quantitative estimate of drug-likeness (QED) is 0.740. The highest BCUT2D eigenvalue weighted by Crippen LogP contribution is 2.17. The first-order valence-electron chi connectivity index (χ1n) is 6.00. The second kappa shape index (κ2) is 6.65. The van der Waals surface area contributed by atoms with Crippen LogP contribution in [0.25, 0.3) is 10.9 Å². The molecule has 2 rings (SSSR count). The van der Waals surface area contributed by atoms with E-state index in [1.54, 1.807) is 6.20 Å². The molecule has 1 amide bonds. The van der Waals surface area contributed by atoms with Crippen molar-refractivity contribution in [3.8, 4) is 5.75 Å². The van der Waals surface area contributed by atoms with Gasteiger partial charge in [-0.05, 0) is 18.6 Å². The van der Waals surface area contributed by atoms with Crippen LogP contribution < -0.4 is 10.1 Å². The third-order valence-corrected chi connectivity index (χ3v) is 2.53. The minimum atomic E-state index is -0.481. The van der Waals surface area contributed by atoms with E-state index in [-0.39, 0.29) is 5.91 Å². The third-order valence-electron chi connectivity index (χ3n) is 2.53. The SMILES string of the molecule is O=C(CO)NCCCOc1ccc2cncnc2c1. The summed E-state index contributed by atoms with van der Waals surface area (Å²) in [5.41, 5.74) is 0.834. The smallest absolute Gasteiger partial charge is 0.245 e. The lowest BCUT2D eigenvalue weighted by molar-refractivity contribution is -0.123. The van der Waals surface area contributed by atoms with Crippen LogP contribution >= 0.6 is 0 Å². The van der Waals surface area contributed by atoms with E-state index in [2.05, 4.69) is 15.3 Å². The van der Waals surface area contributed by atoms with E-state index in [1.165, 1.54) is 6.33 Å². The molecule has 2 aromatic rings. The van der Waals surface area contributed by atoms with Gasteiger partial charge in [-0.2, -0.15) is 0 Å². The van der Waals surface area contributed by atoms with E-state index in [0.717, 1.165) is 16.7 Å². The number of benzene rings is 1. The van der Waals surface area contributed by atoms with Crippen LogP contribution in [-0.4, -0.2) is 40.7 Å². The summed E-state index contributed by atoms with van der Waals surface area (Å²) >= 11 is 0. The van der Waals surface area contributed by atoms with Gasteiger partial charge in [0.1, 0.15) is 18.7 Å². The first kappa shape index (κ1) is 13.2. The lowest BCUT2D eigenvalue weighted by atomic mass is 10.2. The van der Waals surface area contributed by atoms with Crippen LogP contribution in [0, 0.1) is 0 Å². The number of hydrogen-bond donors (Lipinski definition) is 2. The maximum absolute atomic E-state index is 10.8. The summed E-state index contributed by atoms with van der Waals surface area (Å²) in [6, 6.07) is 5.61. The van der Waals surface area contributed by atoms with E-state index in [0.29, 0.717) is 19.6 Å². The van der Waals surface area contributed by atoms with Gasteiger partial charge in [-0.25, -0.2) is 9.97 Å². The maximum Gasteiger partial charge on any atom is 0.245 e. The summed E-state index contributed by atoms with van der Waals surface area (Å²) < 4.78 is 5.56. The number of rotatable bonds is 6. The predicted octanol–water partition coefficient (Wildman–Crippen LogP) is 0.507. The van der Waals surface area contributed by atoms with Crippen molar-refractivity contribution < 1.29 is 14.6 Å². The summed E-state index contributed by atoms with van der Waals surface area (Å²) in [4.78, 5) is 18.9. The first-order valence-corrected chi connectivity index (χ1v) is 6.00. The van der Waals surface area contributed by atoms with Crippen LogP contribution in [0.1, 0.15) is 6.42 Å². The normalized spacial score (nSPS) is 10.4. The molecule has 6 heteroatoms. The summed E-state index contributed by atoms with van der Waals surface area (Å²) in [5.74, 6) is 0.363. The van der Waals surface area contributed by atoms with E-state index in [9.17, 15) is 4.79 Å². The Balaban J connectivity index is 1.80. The monoisotopic (exact) mass is 261 g/mol. The number of ether oxygens (including phenoxy) is 1. The average Bonchev–Trinajstić information content (AvgIpc) is 2.46. The molecule has 0 aliphatic carbocycles. The number of carbonyl (C=O) groups is 1. The van der Waals surface area contributed by atoms with Crippen LogP contribution in [0.3, 0.4) is 0 Å². The number of aliphatic hydroxyl groups excluding tert-OH is 1. The topological polar surface area (TPSA) is 84.3 Å². The van der Waals surface area contributed by atoms with Crippen molar-refractivity contribution in [3.63, 3.8) is 0 Å². The van der Waals surface area contributed by atoms with Crippen molar-refractivity contribution in [2.45, 2.75) is 6.42 Å². The minimum Gasteiger partial charge on any atom is -0.493 e. The summed E-state index contributed by atoms with van der Waals surface area (Å²) in [5, 5.41) is 12.0. The molecule has 2 N–H and O–H groups in total. The van der Waals surface area contributed by atoms with E-state index < -0.39 is 6.61 Å². The number of nitrogens with zero attached hydrogens (tertiary/aromatic N) is 2. The van der Waals surface area contributed by atoms with Gasteiger partial charge in [0.05, 0.1) is 12.1 Å². The van der Waals surface area contributed by atoms with Crippen molar-refractivity contribution in [1.82, 2.24) is 15.3 Å². The van der Waals surface area contributed by atoms with Gasteiger partial charge in [0, 0.05) is 24.2 Å². The Hall–Kier alpha value is -2.21. The van der Waals surface area contributed by atoms with Crippen LogP contribution in [0.4, 0.5) is 0 Å². The molecule has 0 radical (unpaired) electrons. The molecule has 0 saturated carbocycles. The molecule has 0 aliphatic rings. The number of carbonyl (C=O) groups excluding carboxylic acids is 1. The molecule has 0 bridgehead atoms. The fourth-order valence-corrected chi connectivity index (χ4v) is 1.59. The molecule has 0 atom stereocenters. The minimum absolute atomic E-state index is 0.373. The van der Waals surface area contributed by atoms with Gasteiger partial charge >= 0.3 is 0 Å². The van der Waals surface area contributed by atoms with E-state index in [4.69, 9.17) is 9.84 Å². The summed E-state index contributed by atoms with van der Waals surface area (Å²) in [7, 11) is 0. The van der Waals surface area contributed by atoms with Gasteiger partial charge in [0.2, 0.25) is 5.91 Å². The van der Waals surface area contributed by atoms with Crippen LogP contribution in [0.2, 0.25) is 0 Å². The average molecular weight is 261 g/mol. The third kappa shape index (κ3) is 3.89. The Labute approximate surface area is 110 Å². The molecule has 0 aliphatic heterocycles. The zero-order valence-electron chi connectivity index (χ0n) is 10.4. The Morgan fingerprint density at radius 2 is 2.32 bits per heavy atom. The fraction of sp³-hybridized carbons (Fsp3) is 0.308. The molecule has 0 saturated heterocycles. The highest BCUT2D eigenvalue weighted by Gasteiger charge is 1.99. The number of amides is 1. The highest BCUT2D eigenvalue weighted by atomic mass is 16.5. The van der Waals surface area contributed by atoms with Gasteiger partial charge in [0.15, 0.2) is 0 Å². The van der Waals surface area contributed by atoms with Crippen LogP contribution in [0.5, 0.6) is 5.75 Å². The largest absolute Gasteiger partial charge is 0.493 e. The number of nitrogens with one attached hydrogen (secondary N) is 1. The van der Waals surface area contributed by atoms with Gasteiger partial charge in [-0.1, -0.05) is 0 Å². The van der Waals surface area contributed by atoms with Gasteiger partial charge in [-0.15, -0.1) is 0 Å². The zero-order chi connectivity index (χ0) is 13.5. The summed E-state index contributed by atoms with van der Waals surface area (Å²) in [6.45, 7) is 0.489. The lowest BCUT2D eigenvalue weighted by Crippen LogP contribution is -2.27. The van der Waals surface area contributed by atoms with Crippen molar-refractivity contribution in [1.29, 1.82) is 0 Å². The number of aliphatic hydroxyl groups is 1. The van der Waals surface area contributed by atoms with Crippen LogP contribution in [-0.2, 0) is 4.79 Å². The number of fused-ring (bicyclic) bond motifs is 1.